The molecule has 0 unspecified atom stereocenters. The monoisotopic (exact) mass is 646 g/mol. The maximum atomic E-state index is 13.9. The Bertz CT molecular complexity index is 1700. The first-order chi connectivity index (χ1) is 20.4. The Labute approximate surface area is 258 Å². The van der Waals surface area contributed by atoms with Gasteiger partial charge in [0.25, 0.3) is 5.91 Å². The van der Waals surface area contributed by atoms with Crippen LogP contribution >= 0.6 is 15.9 Å². The van der Waals surface area contributed by atoms with E-state index in [0.717, 1.165) is 16.7 Å². The van der Waals surface area contributed by atoms with Crippen LogP contribution in [0.25, 0.3) is 22.0 Å². The summed E-state index contributed by atoms with van der Waals surface area (Å²) in [5.74, 6) is 0.345. The summed E-state index contributed by atoms with van der Waals surface area (Å²) in [7, 11) is 0. The molecule has 0 radical (unpaired) electrons. The lowest BCUT2D eigenvalue weighted by Crippen LogP contribution is -2.47. The summed E-state index contributed by atoms with van der Waals surface area (Å²) in [6, 6.07) is 8.35. The van der Waals surface area contributed by atoms with Gasteiger partial charge in [0.1, 0.15) is 28.8 Å². The first kappa shape index (κ1) is 30.3. The van der Waals surface area contributed by atoms with Gasteiger partial charge < -0.3 is 15.5 Å². The molecule has 3 atom stereocenters. The van der Waals surface area contributed by atoms with E-state index >= 15 is 0 Å². The molecule has 0 spiro atoms. The van der Waals surface area contributed by atoms with Crippen molar-refractivity contribution in [3.63, 3.8) is 0 Å². The number of anilines is 1. The molecule has 5 rings (SSSR count). The standard InChI is InChI=1S/C31H35BrN8O3/c1-16(2)35-31(43)28-23-12-21(22-13-33-20(6)34-14-22)8-9-24(23)39(38-28)15-27(41)40-19(5)18(4)11-25(40)30(42)37-29-17(3)7-10-26(32)36-29/h7-10,12-14,16,18-19,25H,11,15H2,1-6H3,(H,35,43)(H,36,37,42)/t18-,19+,25-/m0/s1. The number of pyridine rings is 1. The van der Waals surface area contributed by atoms with E-state index in [0.29, 0.717) is 33.6 Å². The molecule has 43 heavy (non-hydrogen) atoms. The van der Waals surface area contributed by atoms with Crippen molar-refractivity contribution in [1.29, 1.82) is 0 Å². The van der Waals surface area contributed by atoms with Gasteiger partial charge >= 0.3 is 0 Å². The Balaban J connectivity index is 1.47. The van der Waals surface area contributed by atoms with Gasteiger partial charge in [0.2, 0.25) is 11.8 Å². The number of carbonyl (C=O) groups is 3. The van der Waals surface area contributed by atoms with E-state index in [4.69, 9.17) is 0 Å². The zero-order valence-electron chi connectivity index (χ0n) is 25.1. The number of aryl methyl sites for hydroxylation is 2. The van der Waals surface area contributed by atoms with Crippen LogP contribution in [0.2, 0.25) is 0 Å². The van der Waals surface area contributed by atoms with Crippen molar-refractivity contribution in [2.24, 2.45) is 5.92 Å². The van der Waals surface area contributed by atoms with Crippen molar-refractivity contribution >= 4 is 50.4 Å². The summed E-state index contributed by atoms with van der Waals surface area (Å²) < 4.78 is 2.16. The second-order valence-electron chi connectivity index (χ2n) is 11.4. The topological polar surface area (TPSA) is 135 Å². The summed E-state index contributed by atoms with van der Waals surface area (Å²) in [5.41, 5.74) is 3.30. The smallest absolute Gasteiger partial charge is 0.272 e. The molecule has 2 N–H and O–H groups in total. The van der Waals surface area contributed by atoms with Crippen LogP contribution in [-0.4, -0.2) is 65.5 Å². The van der Waals surface area contributed by atoms with Crippen molar-refractivity contribution in [2.45, 2.75) is 72.6 Å². The predicted molar refractivity (Wildman–Crippen MR) is 167 cm³/mol. The molecule has 1 aliphatic rings. The lowest BCUT2D eigenvalue weighted by atomic mass is 10.0. The Kier molecular flexibility index (Phi) is 8.59. The van der Waals surface area contributed by atoms with E-state index in [-0.39, 0.29) is 48.0 Å². The largest absolute Gasteiger partial charge is 0.348 e. The SMILES string of the molecule is Cc1ncc(-c2ccc3c(c2)c(C(=O)NC(C)C)nn3CC(=O)N2[C@H](C)[C@@H](C)C[C@H]2C(=O)Nc2nc(Br)ccc2C)cn1. The molecule has 1 aromatic carbocycles. The molecular formula is C31H35BrN8O3. The lowest BCUT2D eigenvalue weighted by molar-refractivity contribution is -0.139. The van der Waals surface area contributed by atoms with E-state index in [1.165, 1.54) is 0 Å². The van der Waals surface area contributed by atoms with Crippen LogP contribution in [0.1, 0.15) is 56.0 Å². The van der Waals surface area contributed by atoms with Gasteiger partial charge in [0.15, 0.2) is 5.69 Å². The molecule has 3 aromatic heterocycles. The van der Waals surface area contributed by atoms with Crippen molar-refractivity contribution in [2.75, 3.05) is 5.32 Å². The van der Waals surface area contributed by atoms with E-state index < -0.39 is 6.04 Å². The van der Waals surface area contributed by atoms with Gasteiger partial charge in [-0.2, -0.15) is 5.10 Å². The summed E-state index contributed by atoms with van der Waals surface area (Å²) in [4.78, 5) is 55.2. The number of aromatic nitrogens is 5. The van der Waals surface area contributed by atoms with Gasteiger partial charge in [-0.15, -0.1) is 0 Å². The number of carbonyl (C=O) groups excluding carboxylic acids is 3. The molecule has 3 amide bonds. The van der Waals surface area contributed by atoms with Crippen LogP contribution in [0.4, 0.5) is 5.82 Å². The molecule has 0 aliphatic carbocycles. The van der Waals surface area contributed by atoms with Crippen molar-refractivity contribution in [1.82, 2.24) is 34.9 Å². The Morgan fingerprint density at radius 3 is 2.47 bits per heavy atom. The van der Waals surface area contributed by atoms with Gasteiger partial charge in [-0.25, -0.2) is 15.0 Å². The number of benzene rings is 1. The molecule has 1 saturated heterocycles. The zero-order valence-corrected chi connectivity index (χ0v) is 26.6. The number of amides is 3. The van der Waals surface area contributed by atoms with Gasteiger partial charge in [0, 0.05) is 35.4 Å². The Hall–Kier alpha value is -4.19. The van der Waals surface area contributed by atoms with E-state index in [9.17, 15) is 14.4 Å². The van der Waals surface area contributed by atoms with E-state index in [1.807, 2.05) is 71.9 Å². The van der Waals surface area contributed by atoms with E-state index in [2.05, 4.69) is 46.6 Å². The second kappa shape index (κ2) is 12.2. The third-order valence-corrected chi connectivity index (χ3v) is 8.31. The molecule has 4 heterocycles. The van der Waals surface area contributed by atoms with E-state index in [1.54, 1.807) is 22.0 Å². The fourth-order valence-electron chi connectivity index (χ4n) is 5.42. The number of fused-ring (bicyclic) bond motifs is 1. The maximum absolute atomic E-state index is 13.9. The Morgan fingerprint density at radius 2 is 1.77 bits per heavy atom. The third-order valence-electron chi connectivity index (χ3n) is 7.87. The summed E-state index contributed by atoms with van der Waals surface area (Å²) in [6.45, 7) is 11.3. The summed E-state index contributed by atoms with van der Waals surface area (Å²) >= 11 is 3.35. The first-order valence-electron chi connectivity index (χ1n) is 14.3. The Morgan fingerprint density at radius 1 is 1.05 bits per heavy atom. The average molecular weight is 648 g/mol. The van der Waals surface area contributed by atoms with Crippen molar-refractivity contribution in [3.05, 3.63) is 64.4 Å². The minimum atomic E-state index is -0.670. The lowest BCUT2D eigenvalue weighted by Gasteiger charge is -2.28. The first-order valence-corrected chi connectivity index (χ1v) is 15.1. The van der Waals surface area contributed by atoms with Gasteiger partial charge in [0.05, 0.1) is 5.52 Å². The van der Waals surface area contributed by atoms with Gasteiger partial charge in [-0.1, -0.05) is 19.1 Å². The highest BCUT2D eigenvalue weighted by Gasteiger charge is 2.43. The maximum Gasteiger partial charge on any atom is 0.272 e. The number of nitrogens with one attached hydrogen (secondary N) is 2. The van der Waals surface area contributed by atoms with Crippen LogP contribution in [0.3, 0.4) is 0 Å². The molecule has 1 aliphatic heterocycles. The van der Waals surface area contributed by atoms with Crippen LogP contribution in [0.15, 0.2) is 47.3 Å². The number of hydrogen-bond donors (Lipinski definition) is 2. The highest BCUT2D eigenvalue weighted by atomic mass is 79.9. The van der Waals surface area contributed by atoms with Crippen LogP contribution in [0.5, 0.6) is 0 Å². The fraction of sp³-hybridized carbons (Fsp3) is 0.387. The molecule has 4 aromatic rings. The number of nitrogens with zero attached hydrogens (tertiary/aromatic N) is 6. The quantitative estimate of drug-likeness (QED) is 0.279. The van der Waals surface area contributed by atoms with Gasteiger partial charge in [-0.3, -0.25) is 19.1 Å². The molecular weight excluding hydrogens is 612 g/mol. The van der Waals surface area contributed by atoms with Crippen molar-refractivity contribution in [3.8, 4) is 11.1 Å². The average Bonchev–Trinajstić information content (AvgIpc) is 3.47. The minimum Gasteiger partial charge on any atom is -0.348 e. The highest BCUT2D eigenvalue weighted by molar-refractivity contribution is 9.10. The summed E-state index contributed by atoms with van der Waals surface area (Å²) in [5, 5.41) is 11.0. The normalized spacial score (nSPS) is 18.3. The van der Waals surface area contributed by atoms with Crippen LogP contribution in [-0.2, 0) is 16.1 Å². The van der Waals surface area contributed by atoms with Crippen LogP contribution in [0, 0.1) is 19.8 Å². The third kappa shape index (κ3) is 6.29. The molecule has 224 valence electrons. The van der Waals surface area contributed by atoms with Crippen molar-refractivity contribution < 1.29 is 14.4 Å². The fourth-order valence-corrected chi connectivity index (χ4v) is 5.72. The molecule has 0 bridgehead atoms. The number of rotatable bonds is 7. The van der Waals surface area contributed by atoms with Gasteiger partial charge in [-0.05, 0) is 92.2 Å². The molecule has 1 fully saturated rings. The second-order valence-corrected chi connectivity index (χ2v) is 12.3. The molecule has 0 saturated carbocycles. The number of hydrogen-bond acceptors (Lipinski definition) is 7. The number of likely N-dealkylation sites (tertiary alicyclic amines) is 1. The number of halogens is 1. The molecule has 12 heteroatoms. The predicted octanol–water partition coefficient (Wildman–Crippen LogP) is 4.67. The highest BCUT2D eigenvalue weighted by Crippen LogP contribution is 2.32. The zero-order chi connectivity index (χ0) is 31.0. The van der Waals surface area contributed by atoms with Crippen LogP contribution < -0.4 is 10.6 Å². The summed E-state index contributed by atoms with van der Waals surface area (Å²) in [6.07, 6.45) is 3.99. The molecule has 11 nitrogen and oxygen atoms in total. The minimum absolute atomic E-state index is 0.0995.